The second kappa shape index (κ2) is 7.65. The summed E-state index contributed by atoms with van der Waals surface area (Å²) in [6.07, 6.45) is 0. The Morgan fingerprint density at radius 1 is 1.09 bits per heavy atom. The summed E-state index contributed by atoms with van der Waals surface area (Å²) in [5.41, 5.74) is 2.17. The zero-order valence-electron chi connectivity index (χ0n) is 12.9. The predicted octanol–water partition coefficient (Wildman–Crippen LogP) is 4.47. The highest BCUT2D eigenvalue weighted by atomic mass is 35.5. The van der Waals surface area contributed by atoms with Crippen molar-refractivity contribution in [3.8, 4) is 0 Å². The van der Waals surface area contributed by atoms with Crippen molar-refractivity contribution < 1.29 is 14.3 Å². The number of carbonyl (C=O) groups excluding carboxylic acids is 2. The van der Waals surface area contributed by atoms with Crippen molar-refractivity contribution in [2.75, 3.05) is 17.2 Å². The molecule has 2 rings (SSSR count). The maximum atomic E-state index is 12.1. The fraction of sp³-hybridized carbons (Fsp3) is 0.176. The molecule has 0 fully saturated rings. The number of urea groups is 1. The number of anilines is 2. The minimum absolute atomic E-state index is 0.267. The minimum Gasteiger partial charge on any atom is -0.462 e. The van der Waals surface area contributed by atoms with Gasteiger partial charge in [0.1, 0.15) is 0 Å². The molecule has 0 atom stereocenters. The van der Waals surface area contributed by atoms with Crippen LogP contribution in [0.4, 0.5) is 16.2 Å². The Labute approximate surface area is 139 Å². The zero-order chi connectivity index (χ0) is 16.8. The molecule has 5 nitrogen and oxygen atoms in total. The fourth-order valence-corrected chi connectivity index (χ4v) is 2.25. The summed E-state index contributed by atoms with van der Waals surface area (Å²) < 4.78 is 4.98. The summed E-state index contributed by atoms with van der Waals surface area (Å²) in [7, 11) is 0. The zero-order valence-corrected chi connectivity index (χ0v) is 13.6. The van der Waals surface area contributed by atoms with Gasteiger partial charge in [-0.3, -0.25) is 0 Å². The maximum absolute atomic E-state index is 12.1. The summed E-state index contributed by atoms with van der Waals surface area (Å²) >= 11 is 5.89. The number of carbonyl (C=O) groups is 2. The van der Waals surface area contributed by atoms with Crippen molar-refractivity contribution in [2.45, 2.75) is 13.8 Å². The number of amides is 2. The van der Waals surface area contributed by atoms with Gasteiger partial charge in [0.05, 0.1) is 17.9 Å². The van der Waals surface area contributed by atoms with E-state index in [1.165, 1.54) is 0 Å². The molecule has 6 heteroatoms. The Morgan fingerprint density at radius 3 is 2.48 bits per heavy atom. The van der Waals surface area contributed by atoms with E-state index in [-0.39, 0.29) is 6.61 Å². The Morgan fingerprint density at radius 2 is 1.78 bits per heavy atom. The van der Waals surface area contributed by atoms with Gasteiger partial charge >= 0.3 is 12.0 Å². The lowest BCUT2D eigenvalue weighted by Gasteiger charge is -2.12. The molecule has 0 aliphatic rings. The van der Waals surface area contributed by atoms with E-state index in [0.717, 1.165) is 5.56 Å². The number of para-hydroxylation sites is 1. The van der Waals surface area contributed by atoms with E-state index < -0.39 is 12.0 Å². The number of esters is 1. The van der Waals surface area contributed by atoms with Crippen LogP contribution in [0.2, 0.25) is 5.02 Å². The van der Waals surface area contributed by atoms with Crippen LogP contribution < -0.4 is 10.6 Å². The molecule has 23 heavy (non-hydrogen) atoms. The van der Waals surface area contributed by atoms with Crippen LogP contribution in [0.3, 0.4) is 0 Å². The average molecular weight is 333 g/mol. The van der Waals surface area contributed by atoms with E-state index in [1.54, 1.807) is 49.4 Å². The van der Waals surface area contributed by atoms with Gasteiger partial charge in [0.2, 0.25) is 0 Å². The number of rotatable bonds is 4. The van der Waals surface area contributed by atoms with Crippen LogP contribution in [-0.2, 0) is 4.74 Å². The van der Waals surface area contributed by atoms with Crippen molar-refractivity contribution in [3.63, 3.8) is 0 Å². The third-order valence-electron chi connectivity index (χ3n) is 3.11. The monoisotopic (exact) mass is 332 g/mol. The first-order valence-corrected chi connectivity index (χ1v) is 7.49. The first-order valence-electron chi connectivity index (χ1n) is 7.11. The van der Waals surface area contributed by atoms with Gasteiger partial charge in [-0.05, 0) is 49.7 Å². The van der Waals surface area contributed by atoms with Gasteiger partial charge in [0.25, 0.3) is 0 Å². The van der Waals surface area contributed by atoms with Gasteiger partial charge in [0.15, 0.2) is 0 Å². The van der Waals surface area contributed by atoms with Crippen molar-refractivity contribution in [2.24, 2.45) is 0 Å². The average Bonchev–Trinajstić information content (AvgIpc) is 2.51. The van der Waals surface area contributed by atoms with Gasteiger partial charge < -0.3 is 15.4 Å². The third-order valence-corrected chi connectivity index (χ3v) is 3.34. The molecular weight excluding hydrogens is 316 g/mol. The smallest absolute Gasteiger partial charge is 0.340 e. The molecule has 0 bridgehead atoms. The number of nitrogens with one attached hydrogen (secondary N) is 2. The highest BCUT2D eigenvalue weighted by Crippen LogP contribution is 2.21. The summed E-state index contributed by atoms with van der Waals surface area (Å²) in [5, 5.41) is 5.98. The highest BCUT2D eigenvalue weighted by Gasteiger charge is 2.14. The van der Waals surface area contributed by atoms with Crippen LogP contribution in [0.15, 0.2) is 42.5 Å². The van der Waals surface area contributed by atoms with Crippen LogP contribution in [0, 0.1) is 6.92 Å². The molecule has 0 aliphatic heterocycles. The van der Waals surface area contributed by atoms with Gasteiger partial charge in [0, 0.05) is 10.7 Å². The van der Waals surface area contributed by atoms with Crippen LogP contribution in [0.1, 0.15) is 22.8 Å². The maximum Gasteiger partial charge on any atom is 0.340 e. The molecule has 2 aromatic rings. The van der Waals surface area contributed by atoms with Gasteiger partial charge in [-0.2, -0.15) is 0 Å². The number of ether oxygens (including phenoxy) is 1. The number of hydrogen-bond donors (Lipinski definition) is 2. The molecule has 0 unspecified atom stereocenters. The Hall–Kier alpha value is -2.53. The first kappa shape index (κ1) is 16.8. The van der Waals surface area contributed by atoms with Gasteiger partial charge in [-0.25, -0.2) is 9.59 Å². The van der Waals surface area contributed by atoms with E-state index in [4.69, 9.17) is 16.3 Å². The predicted molar refractivity (Wildman–Crippen MR) is 91.2 cm³/mol. The molecule has 120 valence electrons. The topological polar surface area (TPSA) is 67.4 Å². The molecule has 2 aromatic carbocycles. The van der Waals surface area contributed by atoms with Crippen molar-refractivity contribution in [3.05, 3.63) is 58.6 Å². The fourth-order valence-electron chi connectivity index (χ4n) is 2.02. The summed E-state index contributed by atoms with van der Waals surface area (Å²) in [4.78, 5) is 24.0. The third kappa shape index (κ3) is 4.47. The van der Waals surface area contributed by atoms with Crippen LogP contribution in [0.25, 0.3) is 0 Å². The first-order chi connectivity index (χ1) is 11.0. The normalized spacial score (nSPS) is 10.0. The van der Waals surface area contributed by atoms with Crippen LogP contribution in [-0.4, -0.2) is 18.6 Å². The molecule has 0 aliphatic carbocycles. The van der Waals surface area contributed by atoms with E-state index in [2.05, 4.69) is 10.6 Å². The summed E-state index contributed by atoms with van der Waals surface area (Å²) in [6, 6.07) is 11.4. The van der Waals surface area contributed by atoms with Crippen LogP contribution in [0.5, 0.6) is 0 Å². The second-order valence-electron chi connectivity index (χ2n) is 4.80. The Balaban J connectivity index is 2.13. The lowest BCUT2D eigenvalue weighted by Crippen LogP contribution is -2.21. The van der Waals surface area contributed by atoms with E-state index in [0.29, 0.717) is 22.0 Å². The van der Waals surface area contributed by atoms with E-state index in [1.807, 2.05) is 6.92 Å². The van der Waals surface area contributed by atoms with Gasteiger partial charge in [-0.1, -0.05) is 23.7 Å². The van der Waals surface area contributed by atoms with E-state index >= 15 is 0 Å². The van der Waals surface area contributed by atoms with Gasteiger partial charge in [-0.15, -0.1) is 0 Å². The lowest BCUT2D eigenvalue weighted by atomic mass is 10.2. The van der Waals surface area contributed by atoms with E-state index in [9.17, 15) is 9.59 Å². The summed E-state index contributed by atoms with van der Waals surface area (Å²) in [6.45, 7) is 3.83. The highest BCUT2D eigenvalue weighted by molar-refractivity contribution is 6.30. The van der Waals surface area contributed by atoms with Crippen molar-refractivity contribution in [1.82, 2.24) is 0 Å². The number of aryl methyl sites for hydroxylation is 1. The standard InChI is InChI=1S/C17H17ClN2O3/c1-3-23-16(21)13-6-4-5-7-15(13)20-17(22)19-14-9-8-12(18)10-11(14)2/h4-10H,3H2,1-2H3,(H2,19,20,22). The molecule has 0 saturated carbocycles. The Kier molecular flexibility index (Phi) is 5.60. The molecule has 0 saturated heterocycles. The SMILES string of the molecule is CCOC(=O)c1ccccc1NC(=O)Nc1ccc(Cl)cc1C. The molecule has 0 heterocycles. The minimum atomic E-state index is -0.480. The Bertz CT molecular complexity index is 732. The molecule has 2 amide bonds. The quantitative estimate of drug-likeness (QED) is 0.812. The molecule has 0 radical (unpaired) electrons. The number of hydrogen-bond acceptors (Lipinski definition) is 3. The molecule has 2 N–H and O–H groups in total. The largest absolute Gasteiger partial charge is 0.462 e. The number of halogens is 1. The van der Waals surface area contributed by atoms with Crippen LogP contribution >= 0.6 is 11.6 Å². The molecule has 0 aromatic heterocycles. The summed E-state index contributed by atoms with van der Waals surface area (Å²) in [5.74, 6) is -0.480. The van der Waals surface area contributed by atoms with Crippen molar-refractivity contribution >= 4 is 35.0 Å². The molecule has 0 spiro atoms. The second-order valence-corrected chi connectivity index (χ2v) is 5.24. The lowest BCUT2D eigenvalue weighted by molar-refractivity contribution is 0.0527. The number of benzene rings is 2. The molecular formula is C17H17ClN2O3. The van der Waals surface area contributed by atoms with Crippen molar-refractivity contribution in [1.29, 1.82) is 0 Å².